The highest BCUT2D eigenvalue weighted by Gasteiger charge is 2.19. The first kappa shape index (κ1) is 19.8. The Labute approximate surface area is 174 Å². The maximum absolute atomic E-state index is 12.5. The number of fused-ring (bicyclic) bond motifs is 1. The van der Waals surface area contributed by atoms with Crippen molar-refractivity contribution >= 4 is 34.3 Å². The molecule has 4 rings (SSSR count). The van der Waals surface area contributed by atoms with E-state index in [0.717, 1.165) is 31.7 Å². The number of carboxylic acids is 1. The number of rotatable bonds is 4. The molecule has 2 N–H and O–H groups in total. The number of hydrogen-bond donors (Lipinski definition) is 2. The summed E-state index contributed by atoms with van der Waals surface area (Å²) in [6, 6.07) is 14.1. The maximum Gasteiger partial charge on any atom is 0.336 e. The zero-order valence-corrected chi connectivity index (χ0v) is 17.1. The molecule has 2 aromatic carbocycles. The van der Waals surface area contributed by atoms with Crippen LogP contribution < -0.4 is 10.2 Å². The van der Waals surface area contributed by atoms with Crippen molar-refractivity contribution < 1.29 is 14.7 Å². The van der Waals surface area contributed by atoms with Crippen LogP contribution in [-0.4, -0.2) is 60.1 Å². The van der Waals surface area contributed by atoms with E-state index in [0.29, 0.717) is 28.0 Å². The van der Waals surface area contributed by atoms with Crippen LogP contribution in [0.15, 0.2) is 48.5 Å². The molecule has 7 heteroatoms. The summed E-state index contributed by atoms with van der Waals surface area (Å²) in [4.78, 5) is 33.5. The van der Waals surface area contributed by atoms with E-state index in [1.165, 1.54) is 0 Å². The first-order chi connectivity index (χ1) is 14.4. The van der Waals surface area contributed by atoms with Crippen LogP contribution in [0.1, 0.15) is 26.3 Å². The Kier molecular flexibility index (Phi) is 5.37. The van der Waals surface area contributed by atoms with Crippen molar-refractivity contribution in [2.24, 2.45) is 0 Å². The van der Waals surface area contributed by atoms with Gasteiger partial charge in [0.2, 0.25) is 0 Å². The van der Waals surface area contributed by atoms with Crippen LogP contribution in [0.3, 0.4) is 0 Å². The summed E-state index contributed by atoms with van der Waals surface area (Å²) < 4.78 is 0. The van der Waals surface area contributed by atoms with Crippen LogP contribution in [0.2, 0.25) is 0 Å². The number of aromatic carboxylic acids is 1. The second-order valence-electron chi connectivity index (χ2n) is 7.68. The highest BCUT2D eigenvalue weighted by atomic mass is 16.4. The minimum atomic E-state index is -1.01. The fourth-order valence-electron chi connectivity index (χ4n) is 3.57. The van der Waals surface area contributed by atoms with Crippen LogP contribution >= 0.6 is 0 Å². The number of nitrogens with one attached hydrogen (secondary N) is 1. The summed E-state index contributed by atoms with van der Waals surface area (Å²) in [5.41, 5.74) is 2.93. The zero-order chi connectivity index (χ0) is 21.3. The zero-order valence-electron chi connectivity index (χ0n) is 17.1. The average molecular weight is 404 g/mol. The summed E-state index contributed by atoms with van der Waals surface area (Å²) in [6.07, 6.45) is 0. The molecule has 30 heavy (non-hydrogen) atoms. The molecule has 0 bridgehead atoms. The number of carbonyl (C=O) groups is 2. The molecule has 0 radical (unpaired) electrons. The number of carbonyl (C=O) groups excluding carboxylic acids is 1. The van der Waals surface area contributed by atoms with Crippen molar-refractivity contribution in [1.29, 1.82) is 0 Å². The molecule has 1 aliphatic heterocycles. The van der Waals surface area contributed by atoms with Gasteiger partial charge in [-0.3, -0.25) is 4.79 Å². The molecule has 0 saturated carbocycles. The van der Waals surface area contributed by atoms with Gasteiger partial charge in [0.15, 0.2) is 0 Å². The van der Waals surface area contributed by atoms with Gasteiger partial charge in [-0.05, 0) is 50.4 Å². The van der Waals surface area contributed by atoms with E-state index in [9.17, 15) is 14.7 Å². The smallest absolute Gasteiger partial charge is 0.336 e. The standard InChI is InChI=1S/C23H24N4O3/c1-15-3-5-16(6-4-15)22(28)24-17-7-8-20-18(13-17)19(23(29)30)14-21(25-20)27-11-9-26(2)10-12-27/h3-8,13-14H,9-12H2,1-2H3,(H,24,28)(H,29,30). The highest BCUT2D eigenvalue weighted by molar-refractivity contribution is 6.08. The number of aryl methyl sites for hydroxylation is 1. The largest absolute Gasteiger partial charge is 0.478 e. The Hall–Kier alpha value is -3.45. The number of nitrogens with zero attached hydrogens (tertiary/aromatic N) is 3. The number of aromatic nitrogens is 1. The van der Waals surface area contributed by atoms with Crippen molar-refractivity contribution in [2.75, 3.05) is 43.4 Å². The van der Waals surface area contributed by atoms with Gasteiger partial charge in [-0.1, -0.05) is 17.7 Å². The number of amides is 1. The average Bonchev–Trinajstić information content (AvgIpc) is 2.74. The van der Waals surface area contributed by atoms with Crippen LogP contribution in [0, 0.1) is 6.92 Å². The quantitative estimate of drug-likeness (QED) is 0.694. The Balaban J connectivity index is 1.65. The lowest BCUT2D eigenvalue weighted by molar-refractivity contribution is 0.0698. The second kappa shape index (κ2) is 8.12. The minimum Gasteiger partial charge on any atom is -0.478 e. The molecule has 0 atom stereocenters. The molecule has 0 unspecified atom stereocenters. The SMILES string of the molecule is Cc1ccc(C(=O)Nc2ccc3nc(N4CCN(C)CC4)cc(C(=O)O)c3c2)cc1. The summed E-state index contributed by atoms with van der Waals surface area (Å²) >= 11 is 0. The van der Waals surface area contributed by atoms with Gasteiger partial charge < -0.3 is 20.2 Å². The predicted molar refractivity (Wildman–Crippen MR) is 118 cm³/mol. The van der Waals surface area contributed by atoms with Crippen molar-refractivity contribution in [2.45, 2.75) is 6.92 Å². The number of anilines is 2. The highest BCUT2D eigenvalue weighted by Crippen LogP contribution is 2.27. The van der Waals surface area contributed by atoms with E-state index in [2.05, 4.69) is 27.1 Å². The number of hydrogen-bond acceptors (Lipinski definition) is 5. The lowest BCUT2D eigenvalue weighted by atomic mass is 10.1. The van der Waals surface area contributed by atoms with Crippen LogP contribution in [0.25, 0.3) is 10.9 Å². The molecular weight excluding hydrogens is 380 g/mol. The Morgan fingerprint density at radius 3 is 2.37 bits per heavy atom. The van der Waals surface area contributed by atoms with E-state index in [1.54, 1.807) is 36.4 Å². The van der Waals surface area contributed by atoms with Gasteiger partial charge in [-0.25, -0.2) is 9.78 Å². The van der Waals surface area contributed by atoms with Gasteiger partial charge in [-0.15, -0.1) is 0 Å². The van der Waals surface area contributed by atoms with Crippen molar-refractivity contribution in [3.05, 3.63) is 65.2 Å². The summed E-state index contributed by atoms with van der Waals surface area (Å²) in [7, 11) is 2.07. The summed E-state index contributed by atoms with van der Waals surface area (Å²) in [6.45, 7) is 5.39. The van der Waals surface area contributed by atoms with Crippen molar-refractivity contribution in [3.63, 3.8) is 0 Å². The van der Waals surface area contributed by atoms with E-state index < -0.39 is 5.97 Å². The minimum absolute atomic E-state index is 0.181. The lowest BCUT2D eigenvalue weighted by Gasteiger charge is -2.33. The number of likely N-dealkylation sites (N-methyl/N-ethyl adjacent to an activating group) is 1. The first-order valence-corrected chi connectivity index (χ1v) is 9.90. The fourth-order valence-corrected chi connectivity index (χ4v) is 3.57. The van der Waals surface area contributed by atoms with Gasteiger partial charge in [-0.2, -0.15) is 0 Å². The molecule has 0 aliphatic carbocycles. The molecule has 3 aromatic rings. The second-order valence-corrected chi connectivity index (χ2v) is 7.68. The number of benzene rings is 2. The fraction of sp³-hybridized carbons (Fsp3) is 0.261. The summed E-state index contributed by atoms with van der Waals surface area (Å²) in [5.74, 6) is -0.586. The van der Waals surface area contributed by atoms with Crippen LogP contribution in [0.4, 0.5) is 11.5 Å². The van der Waals surface area contributed by atoms with Gasteiger partial charge >= 0.3 is 5.97 Å². The number of carboxylic acid groups (broad SMARTS) is 1. The summed E-state index contributed by atoms with van der Waals surface area (Å²) in [5, 5.41) is 13.1. The molecule has 1 aliphatic rings. The van der Waals surface area contributed by atoms with Gasteiger partial charge in [0, 0.05) is 42.8 Å². The topological polar surface area (TPSA) is 85.8 Å². The third-order valence-corrected chi connectivity index (χ3v) is 5.42. The molecule has 1 fully saturated rings. The van der Waals surface area contributed by atoms with Crippen LogP contribution in [0.5, 0.6) is 0 Å². The normalized spacial score (nSPS) is 14.7. The van der Waals surface area contributed by atoms with E-state index in [1.807, 2.05) is 19.1 Å². The Morgan fingerprint density at radius 2 is 1.70 bits per heavy atom. The van der Waals surface area contributed by atoms with Gasteiger partial charge in [0.05, 0.1) is 11.1 Å². The van der Waals surface area contributed by atoms with Crippen molar-refractivity contribution in [3.8, 4) is 0 Å². The Morgan fingerprint density at radius 1 is 1.00 bits per heavy atom. The van der Waals surface area contributed by atoms with E-state index in [4.69, 9.17) is 0 Å². The first-order valence-electron chi connectivity index (χ1n) is 9.90. The van der Waals surface area contributed by atoms with E-state index in [-0.39, 0.29) is 11.5 Å². The van der Waals surface area contributed by atoms with Gasteiger partial charge in [0.25, 0.3) is 5.91 Å². The molecule has 1 aromatic heterocycles. The molecule has 1 saturated heterocycles. The number of pyridine rings is 1. The third-order valence-electron chi connectivity index (χ3n) is 5.42. The molecule has 154 valence electrons. The molecule has 0 spiro atoms. The Bertz CT molecular complexity index is 1100. The van der Waals surface area contributed by atoms with Gasteiger partial charge in [0.1, 0.15) is 5.82 Å². The molecular formula is C23H24N4O3. The monoisotopic (exact) mass is 404 g/mol. The predicted octanol–water partition coefficient (Wildman–Crippen LogP) is 3.25. The number of piperazine rings is 1. The molecule has 2 heterocycles. The third kappa shape index (κ3) is 4.11. The van der Waals surface area contributed by atoms with E-state index >= 15 is 0 Å². The van der Waals surface area contributed by atoms with Crippen molar-refractivity contribution in [1.82, 2.24) is 9.88 Å². The molecule has 1 amide bonds. The lowest BCUT2D eigenvalue weighted by Crippen LogP contribution is -2.44. The maximum atomic E-state index is 12.5. The van der Waals surface area contributed by atoms with Crippen LogP contribution in [-0.2, 0) is 0 Å². The molecule has 7 nitrogen and oxygen atoms in total.